The van der Waals surface area contributed by atoms with Gasteiger partial charge in [0.25, 0.3) is 0 Å². The van der Waals surface area contributed by atoms with Crippen molar-refractivity contribution in [1.29, 1.82) is 0 Å². The first-order valence-corrected chi connectivity index (χ1v) is 14.3. The second-order valence-electron chi connectivity index (χ2n) is 10.5. The van der Waals surface area contributed by atoms with E-state index in [9.17, 15) is 0 Å². The van der Waals surface area contributed by atoms with Crippen molar-refractivity contribution < 1.29 is 0 Å². The van der Waals surface area contributed by atoms with E-state index in [0.29, 0.717) is 18.8 Å². The van der Waals surface area contributed by atoms with Crippen molar-refractivity contribution in [1.82, 2.24) is 14.9 Å². The molecule has 2 heterocycles. The number of benzene rings is 4. The molecule has 4 aromatic carbocycles. The normalized spacial score (nSPS) is 13.8. The molecule has 2 N–H and O–H groups in total. The third kappa shape index (κ3) is 6.23. The lowest BCUT2D eigenvalue weighted by molar-refractivity contribution is 0.212. The van der Waals surface area contributed by atoms with E-state index in [1.54, 1.807) is 6.33 Å². The molecule has 6 rings (SSSR count). The van der Waals surface area contributed by atoms with Gasteiger partial charge in [-0.25, -0.2) is 9.97 Å². The largest absolute Gasteiger partial charge is 0.393 e. The van der Waals surface area contributed by atoms with Crippen molar-refractivity contribution in [3.63, 3.8) is 0 Å². The van der Waals surface area contributed by atoms with Crippen LogP contribution in [0.2, 0.25) is 0 Å². The quantitative estimate of drug-likeness (QED) is 0.241. The molecule has 0 bridgehead atoms. The molecule has 6 heteroatoms. The number of aromatic nitrogens is 2. The first-order chi connectivity index (χ1) is 20.3. The van der Waals surface area contributed by atoms with Crippen molar-refractivity contribution in [3.05, 3.63) is 150 Å². The van der Waals surface area contributed by atoms with Crippen LogP contribution in [0.15, 0.2) is 128 Å². The van der Waals surface area contributed by atoms with Crippen molar-refractivity contribution >= 4 is 17.3 Å². The zero-order valence-electron chi connectivity index (χ0n) is 23.3. The summed E-state index contributed by atoms with van der Waals surface area (Å²) in [4.78, 5) is 16.5. The Morgan fingerprint density at radius 2 is 1.07 bits per heavy atom. The van der Waals surface area contributed by atoms with Crippen LogP contribution in [0, 0.1) is 0 Å². The lowest BCUT2D eigenvalue weighted by Gasteiger charge is -2.40. The number of nitrogens with two attached hydrogens (primary N) is 1. The Balaban J connectivity index is 1.24. The molecule has 1 aliphatic rings. The van der Waals surface area contributed by atoms with Crippen LogP contribution >= 0.6 is 0 Å². The minimum absolute atomic E-state index is 0.213. The Hall–Kier alpha value is -4.68. The molecule has 0 aliphatic carbocycles. The molecule has 206 valence electrons. The Kier molecular flexibility index (Phi) is 8.20. The van der Waals surface area contributed by atoms with Gasteiger partial charge in [0, 0.05) is 39.3 Å². The predicted molar refractivity (Wildman–Crippen MR) is 168 cm³/mol. The number of piperazine rings is 1. The lowest BCUT2D eigenvalue weighted by Crippen LogP contribution is -2.48. The van der Waals surface area contributed by atoms with Crippen LogP contribution in [-0.4, -0.2) is 41.0 Å². The van der Waals surface area contributed by atoms with E-state index in [4.69, 9.17) is 10.7 Å². The molecular formula is C35H36N6. The fourth-order valence-electron chi connectivity index (χ4n) is 5.77. The number of hydrogen-bond donors (Lipinski definition) is 1. The fraction of sp³-hybridized carbons (Fsp3) is 0.200. The highest BCUT2D eigenvalue weighted by molar-refractivity contribution is 5.76. The summed E-state index contributed by atoms with van der Waals surface area (Å²) >= 11 is 0. The van der Waals surface area contributed by atoms with Gasteiger partial charge in [0.05, 0.1) is 6.04 Å². The molecule has 1 aromatic heterocycles. The number of nitrogens with zero attached hydrogens (tertiary/aromatic N) is 5. The van der Waals surface area contributed by atoms with Crippen molar-refractivity contribution in [2.45, 2.75) is 19.1 Å². The van der Waals surface area contributed by atoms with Crippen LogP contribution in [0.25, 0.3) is 0 Å². The van der Waals surface area contributed by atoms with Crippen LogP contribution in [0.1, 0.15) is 28.3 Å². The van der Waals surface area contributed by atoms with Gasteiger partial charge in [0.2, 0.25) is 0 Å². The Labute approximate surface area is 242 Å². The second-order valence-corrected chi connectivity index (χ2v) is 10.5. The summed E-state index contributed by atoms with van der Waals surface area (Å²) in [7, 11) is 0. The maximum atomic E-state index is 6.88. The smallest absolute Gasteiger partial charge is 0.158 e. The maximum absolute atomic E-state index is 6.88. The van der Waals surface area contributed by atoms with Gasteiger partial charge in [0.1, 0.15) is 12.0 Å². The number of anilines is 3. The summed E-state index contributed by atoms with van der Waals surface area (Å²) in [6.07, 6.45) is 1.66. The highest BCUT2D eigenvalue weighted by Gasteiger charge is 2.28. The monoisotopic (exact) mass is 540 g/mol. The topological polar surface area (TPSA) is 61.5 Å². The molecule has 6 nitrogen and oxygen atoms in total. The highest BCUT2D eigenvalue weighted by atomic mass is 15.3. The molecule has 41 heavy (non-hydrogen) atoms. The van der Waals surface area contributed by atoms with Gasteiger partial charge >= 0.3 is 0 Å². The number of nitrogen functional groups attached to an aromatic ring is 1. The third-order valence-corrected chi connectivity index (χ3v) is 7.78. The standard InChI is InChI=1S/C35H36N6/c36-32-34(37-27-38-35(32)41(25-28-13-5-1-6-14-28)26-29-15-7-2-8-16-29)40-23-21-39(22-24-40)33(30-17-9-3-10-18-30)31-19-11-4-12-20-31/h1-20,27,33H,21-26,36H2. The van der Waals surface area contributed by atoms with Crippen molar-refractivity contribution in [2.75, 3.05) is 41.7 Å². The van der Waals surface area contributed by atoms with Gasteiger partial charge in [-0.2, -0.15) is 0 Å². The highest BCUT2D eigenvalue weighted by Crippen LogP contribution is 2.34. The summed E-state index contributed by atoms with van der Waals surface area (Å²) in [5.41, 5.74) is 12.6. The van der Waals surface area contributed by atoms with E-state index < -0.39 is 0 Å². The lowest BCUT2D eigenvalue weighted by atomic mass is 9.96. The molecular weight excluding hydrogens is 504 g/mol. The summed E-state index contributed by atoms with van der Waals surface area (Å²) < 4.78 is 0. The van der Waals surface area contributed by atoms with Crippen LogP contribution in [0.4, 0.5) is 17.3 Å². The summed E-state index contributed by atoms with van der Waals surface area (Å²) in [5.74, 6) is 1.59. The van der Waals surface area contributed by atoms with Crippen LogP contribution in [-0.2, 0) is 13.1 Å². The van der Waals surface area contributed by atoms with Gasteiger partial charge < -0.3 is 15.5 Å². The second kappa shape index (κ2) is 12.7. The van der Waals surface area contributed by atoms with Crippen LogP contribution < -0.4 is 15.5 Å². The molecule has 0 radical (unpaired) electrons. The fourth-order valence-corrected chi connectivity index (χ4v) is 5.77. The number of hydrogen-bond acceptors (Lipinski definition) is 6. The van der Waals surface area contributed by atoms with Gasteiger partial charge in [-0.3, -0.25) is 4.90 Å². The number of rotatable bonds is 9. The molecule has 0 spiro atoms. The van der Waals surface area contributed by atoms with E-state index >= 15 is 0 Å². The Bertz CT molecular complexity index is 1420. The van der Waals surface area contributed by atoms with Gasteiger partial charge in [-0.15, -0.1) is 0 Å². The van der Waals surface area contributed by atoms with Crippen LogP contribution in [0.5, 0.6) is 0 Å². The van der Waals surface area contributed by atoms with Gasteiger partial charge in [0.15, 0.2) is 11.6 Å². The zero-order chi connectivity index (χ0) is 27.9. The molecule has 0 unspecified atom stereocenters. The van der Waals surface area contributed by atoms with E-state index in [1.165, 1.54) is 22.3 Å². The van der Waals surface area contributed by atoms with E-state index in [0.717, 1.165) is 37.8 Å². The van der Waals surface area contributed by atoms with E-state index in [1.807, 2.05) is 12.1 Å². The molecule has 5 aromatic rings. The average molecular weight is 541 g/mol. The Morgan fingerprint density at radius 1 is 0.610 bits per heavy atom. The molecule has 1 saturated heterocycles. The first-order valence-electron chi connectivity index (χ1n) is 14.3. The van der Waals surface area contributed by atoms with Crippen molar-refractivity contribution in [3.8, 4) is 0 Å². The molecule has 0 saturated carbocycles. The average Bonchev–Trinajstić information content (AvgIpc) is 3.04. The summed E-state index contributed by atoms with van der Waals surface area (Å²) in [6.45, 7) is 4.92. The zero-order valence-corrected chi connectivity index (χ0v) is 23.3. The minimum Gasteiger partial charge on any atom is -0.393 e. The van der Waals surface area contributed by atoms with Crippen molar-refractivity contribution in [2.24, 2.45) is 0 Å². The molecule has 0 amide bonds. The first kappa shape index (κ1) is 26.5. The van der Waals surface area contributed by atoms with Crippen LogP contribution in [0.3, 0.4) is 0 Å². The van der Waals surface area contributed by atoms with E-state index in [2.05, 4.69) is 129 Å². The third-order valence-electron chi connectivity index (χ3n) is 7.78. The van der Waals surface area contributed by atoms with E-state index in [-0.39, 0.29) is 6.04 Å². The minimum atomic E-state index is 0.213. The van der Waals surface area contributed by atoms with Gasteiger partial charge in [-0.05, 0) is 22.3 Å². The SMILES string of the molecule is Nc1c(N2CCN(C(c3ccccc3)c3ccccc3)CC2)ncnc1N(Cc1ccccc1)Cc1ccccc1. The predicted octanol–water partition coefficient (Wildman–Crippen LogP) is 6.18. The molecule has 1 fully saturated rings. The molecule has 1 aliphatic heterocycles. The Morgan fingerprint density at radius 3 is 1.56 bits per heavy atom. The summed E-state index contributed by atoms with van der Waals surface area (Å²) in [5, 5.41) is 0. The maximum Gasteiger partial charge on any atom is 0.158 e. The van der Waals surface area contributed by atoms with Gasteiger partial charge in [-0.1, -0.05) is 121 Å². The molecule has 0 atom stereocenters. The summed E-state index contributed by atoms with van der Waals surface area (Å²) in [6, 6.07) is 42.7.